The highest BCUT2D eigenvalue weighted by Crippen LogP contribution is 2.64. The van der Waals surface area contributed by atoms with Crippen molar-refractivity contribution in [3.05, 3.63) is 264 Å². The molecule has 0 radical (unpaired) electrons. The Morgan fingerprint density at radius 1 is 0.348 bits per heavy atom. The highest BCUT2D eigenvalue weighted by molar-refractivity contribution is 6.19. The molecule has 0 saturated carbocycles. The summed E-state index contributed by atoms with van der Waals surface area (Å²) in [7, 11) is 0. The summed E-state index contributed by atoms with van der Waals surface area (Å²) >= 11 is 0. The topological polar surface area (TPSA) is 8.17 Å². The first-order chi connectivity index (χ1) is 32.5. The van der Waals surface area contributed by atoms with Gasteiger partial charge in [0.2, 0.25) is 0 Å². The molecular formula is C64H44N2. The van der Waals surface area contributed by atoms with Gasteiger partial charge in [-0.1, -0.05) is 178 Å². The molecule has 0 aliphatic heterocycles. The molecule has 10 aromatic carbocycles. The van der Waals surface area contributed by atoms with Crippen LogP contribution in [0.15, 0.2) is 231 Å². The van der Waals surface area contributed by atoms with Gasteiger partial charge in [-0.15, -0.1) is 0 Å². The molecule has 0 bridgehead atoms. The Kier molecular flexibility index (Phi) is 7.70. The average molecular weight is 841 g/mol. The van der Waals surface area contributed by atoms with E-state index in [1.54, 1.807) is 0 Å². The fraction of sp³-hybridized carbons (Fsp3) is 0.0625. The lowest BCUT2D eigenvalue weighted by atomic mass is 9.70. The number of benzene rings is 10. The summed E-state index contributed by atoms with van der Waals surface area (Å²) in [6.07, 6.45) is 0. The second-order valence-electron chi connectivity index (χ2n) is 18.8. The summed E-state index contributed by atoms with van der Waals surface area (Å²) in [5.74, 6) is 0. The molecule has 1 spiro atoms. The van der Waals surface area contributed by atoms with Crippen molar-refractivity contribution in [1.82, 2.24) is 4.57 Å². The number of hydrogen-bond donors (Lipinski definition) is 0. The molecule has 0 N–H and O–H groups in total. The van der Waals surface area contributed by atoms with Gasteiger partial charge in [-0.25, -0.2) is 0 Å². The number of fused-ring (bicyclic) bond motifs is 17. The van der Waals surface area contributed by atoms with Crippen LogP contribution in [0, 0.1) is 0 Å². The maximum Gasteiger partial charge on any atom is 0.0725 e. The van der Waals surface area contributed by atoms with Crippen LogP contribution in [0.1, 0.15) is 47.2 Å². The highest BCUT2D eigenvalue weighted by Gasteiger charge is 2.52. The molecule has 1 aromatic heterocycles. The zero-order valence-corrected chi connectivity index (χ0v) is 36.8. The molecule has 3 aliphatic rings. The van der Waals surface area contributed by atoms with E-state index in [0.717, 1.165) is 22.7 Å². The van der Waals surface area contributed by atoms with Crippen LogP contribution in [0.3, 0.4) is 0 Å². The van der Waals surface area contributed by atoms with Gasteiger partial charge in [0.15, 0.2) is 0 Å². The van der Waals surface area contributed by atoms with Crippen molar-refractivity contribution in [1.29, 1.82) is 0 Å². The number of anilines is 3. The SMILES string of the molecule is CC1(C)c2ccccc2-c2ccc(N(c3ccccc3)c3cccc(-c4ccc5c(c4)c4c6c(ccc4n5-c4ccccc4)C4(c5ccccc5-c5ccccc54)c4ccccc4-6)c3)cc21. The fourth-order valence-corrected chi connectivity index (χ4v) is 12.4. The van der Waals surface area contributed by atoms with Crippen LogP contribution >= 0.6 is 0 Å². The maximum absolute atomic E-state index is 2.47. The Balaban J connectivity index is 0.993. The highest BCUT2D eigenvalue weighted by atomic mass is 15.1. The van der Waals surface area contributed by atoms with Gasteiger partial charge in [0.05, 0.1) is 16.4 Å². The monoisotopic (exact) mass is 840 g/mol. The zero-order chi connectivity index (χ0) is 43.7. The average Bonchev–Trinajstić information content (AvgIpc) is 4.04. The lowest BCUT2D eigenvalue weighted by Gasteiger charge is -2.30. The van der Waals surface area contributed by atoms with Crippen molar-refractivity contribution in [2.45, 2.75) is 24.7 Å². The fourth-order valence-electron chi connectivity index (χ4n) is 12.4. The normalized spacial score (nSPS) is 14.2. The molecule has 3 aliphatic carbocycles. The molecule has 0 unspecified atom stereocenters. The molecule has 0 saturated heterocycles. The van der Waals surface area contributed by atoms with Crippen LogP contribution in [0.25, 0.3) is 72.0 Å². The minimum absolute atomic E-state index is 0.106. The van der Waals surface area contributed by atoms with Crippen LogP contribution in [0.2, 0.25) is 0 Å². The second-order valence-corrected chi connectivity index (χ2v) is 18.8. The first-order valence-corrected chi connectivity index (χ1v) is 23.2. The van der Waals surface area contributed by atoms with Gasteiger partial charge in [-0.2, -0.15) is 0 Å². The Morgan fingerprint density at radius 2 is 0.879 bits per heavy atom. The van der Waals surface area contributed by atoms with Gasteiger partial charge < -0.3 is 9.47 Å². The molecule has 66 heavy (non-hydrogen) atoms. The third kappa shape index (κ3) is 4.91. The molecule has 11 aromatic rings. The van der Waals surface area contributed by atoms with Gasteiger partial charge in [0.25, 0.3) is 0 Å². The van der Waals surface area contributed by atoms with Crippen LogP contribution < -0.4 is 4.90 Å². The number of aromatic nitrogens is 1. The molecular weight excluding hydrogens is 797 g/mol. The smallest absolute Gasteiger partial charge is 0.0725 e. The Labute approximate surface area is 385 Å². The summed E-state index contributed by atoms with van der Waals surface area (Å²) in [4.78, 5) is 2.42. The predicted octanol–water partition coefficient (Wildman–Crippen LogP) is 16.6. The molecule has 0 atom stereocenters. The predicted molar refractivity (Wildman–Crippen MR) is 275 cm³/mol. The van der Waals surface area contributed by atoms with Crippen molar-refractivity contribution in [2.75, 3.05) is 4.90 Å². The molecule has 0 fully saturated rings. The molecule has 1 heterocycles. The van der Waals surface area contributed by atoms with E-state index in [2.05, 4.69) is 254 Å². The maximum atomic E-state index is 2.47. The van der Waals surface area contributed by atoms with E-state index >= 15 is 0 Å². The Morgan fingerprint density at radius 3 is 1.59 bits per heavy atom. The third-order valence-electron chi connectivity index (χ3n) is 15.2. The van der Waals surface area contributed by atoms with Gasteiger partial charge in [0, 0.05) is 38.9 Å². The van der Waals surface area contributed by atoms with Crippen LogP contribution in [0.4, 0.5) is 17.1 Å². The van der Waals surface area contributed by atoms with Crippen molar-refractivity contribution in [3.8, 4) is 50.2 Å². The van der Waals surface area contributed by atoms with Crippen LogP contribution in [-0.4, -0.2) is 4.57 Å². The summed E-state index contributed by atoms with van der Waals surface area (Å²) in [5, 5.41) is 2.54. The molecule has 2 heteroatoms. The van der Waals surface area contributed by atoms with Crippen molar-refractivity contribution < 1.29 is 0 Å². The van der Waals surface area contributed by atoms with Crippen molar-refractivity contribution >= 4 is 38.9 Å². The van der Waals surface area contributed by atoms with Gasteiger partial charge in [-0.3, -0.25) is 0 Å². The second kappa shape index (κ2) is 13.7. The van der Waals surface area contributed by atoms with E-state index in [4.69, 9.17) is 0 Å². The van der Waals surface area contributed by atoms with E-state index < -0.39 is 5.41 Å². The van der Waals surface area contributed by atoms with Crippen LogP contribution in [0.5, 0.6) is 0 Å². The molecule has 0 amide bonds. The summed E-state index contributed by atoms with van der Waals surface area (Å²) in [6.45, 7) is 4.72. The number of hydrogen-bond acceptors (Lipinski definition) is 1. The van der Waals surface area contributed by atoms with E-state index in [1.165, 1.54) is 99.7 Å². The lowest BCUT2D eigenvalue weighted by molar-refractivity contribution is 0.660. The zero-order valence-electron chi connectivity index (χ0n) is 36.8. The van der Waals surface area contributed by atoms with E-state index in [-0.39, 0.29) is 5.41 Å². The van der Waals surface area contributed by atoms with E-state index in [0.29, 0.717) is 0 Å². The lowest BCUT2D eigenvalue weighted by Crippen LogP contribution is -2.25. The molecule has 310 valence electrons. The largest absolute Gasteiger partial charge is 0.310 e. The van der Waals surface area contributed by atoms with Gasteiger partial charge in [0.1, 0.15) is 0 Å². The quantitative estimate of drug-likeness (QED) is 0.168. The molecule has 14 rings (SSSR count). The number of rotatable bonds is 5. The van der Waals surface area contributed by atoms with Crippen molar-refractivity contribution in [3.63, 3.8) is 0 Å². The van der Waals surface area contributed by atoms with Crippen molar-refractivity contribution in [2.24, 2.45) is 0 Å². The van der Waals surface area contributed by atoms with Gasteiger partial charge in [-0.05, 0) is 145 Å². The minimum atomic E-state index is -0.420. The summed E-state index contributed by atoms with van der Waals surface area (Å²) < 4.78 is 2.47. The first-order valence-electron chi connectivity index (χ1n) is 23.2. The first kappa shape index (κ1) is 37.2. The van der Waals surface area contributed by atoms with E-state index in [1.807, 2.05) is 0 Å². The Bertz CT molecular complexity index is 3750. The standard InChI is InChI=1S/C64H44N2/c1-63(2)53-28-13-9-24-47(53)50-34-33-46(40-58(50)63)65(43-19-5-3-6-20-43)45-23-17-18-41(38-45)42-32-36-59-52(39-42)62-60(66(59)44-21-7-4-8-22-44)37-35-57-61(62)51-27-12-16-31-56(51)64(57)54-29-14-10-25-48(54)49-26-11-15-30-55(49)64/h3-40H,1-2H3. The number of nitrogens with zero attached hydrogens (tertiary/aromatic N) is 2. The molecule has 2 nitrogen and oxygen atoms in total. The van der Waals surface area contributed by atoms with Gasteiger partial charge >= 0.3 is 0 Å². The minimum Gasteiger partial charge on any atom is -0.310 e. The van der Waals surface area contributed by atoms with Crippen LogP contribution in [-0.2, 0) is 10.8 Å². The Hall–Kier alpha value is -8.20. The summed E-state index contributed by atoms with van der Waals surface area (Å²) in [6, 6.07) is 86.1. The number of para-hydroxylation sites is 2. The summed E-state index contributed by atoms with van der Waals surface area (Å²) in [5.41, 5.74) is 24.9. The van der Waals surface area contributed by atoms with E-state index in [9.17, 15) is 0 Å². The third-order valence-corrected chi connectivity index (χ3v) is 15.2.